The van der Waals surface area contributed by atoms with E-state index >= 15 is 0 Å². The molecule has 28 heavy (non-hydrogen) atoms. The average Bonchev–Trinajstić information content (AvgIpc) is 2.70. The number of benzene rings is 3. The van der Waals surface area contributed by atoms with Gasteiger partial charge < -0.3 is 4.57 Å². The molecule has 0 spiro atoms. The molecule has 3 aromatic rings. The van der Waals surface area contributed by atoms with Gasteiger partial charge in [0.1, 0.15) is 7.14 Å². The van der Waals surface area contributed by atoms with Gasteiger partial charge in [-0.1, -0.05) is 85.0 Å². The van der Waals surface area contributed by atoms with E-state index in [0.29, 0.717) is 5.92 Å². The van der Waals surface area contributed by atoms with Gasteiger partial charge in [-0.25, -0.2) is 0 Å². The molecule has 1 nitrogen and oxygen atoms in total. The van der Waals surface area contributed by atoms with E-state index in [0.717, 1.165) is 22.5 Å². The van der Waals surface area contributed by atoms with Gasteiger partial charge in [0.2, 0.25) is 0 Å². The molecule has 0 N–H and O–H groups in total. The largest absolute Gasteiger partial charge is 0.319 e. The lowest BCUT2D eigenvalue weighted by molar-refractivity contribution is 0.588. The lowest BCUT2D eigenvalue weighted by Gasteiger charge is -2.26. The topological polar surface area (TPSA) is 17.1 Å². The minimum atomic E-state index is -2.44. The van der Waals surface area contributed by atoms with Gasteiger partial charge in [0.05, 0.1) is 0 Å². The highest BCUT2D eigenvalue weighted by molar-refractivity contribution is 7.71. The van der Waals surface area contributed by atoms with Crippen molar-refractivity contribution in [3.8, 4) is 0 Å². The van der Waals surface area contributed by atoms with Gasteiger partial charge in [0, 0.05) is 11.2 Å². The van der Waals surface area contributed by atoms with E-state index in [1.165, 1.54) is 27.5 Å². The Morgan fingerprint density at radius 2 is 1.43 bits per heavy atom. The van der Waals surface area contributed by atoms with E-state index in [1.54, 1.807) is 0 Å². The number of hydrogen-bond donors (Lipinski definition) is 0. The minimum absolute atomic E-state index is 0.436. The first kappa shape index (κ1) is 17.5. The molecule has 1 unspecified atom stereocenters. The SMILES string of the molecule is CP(C)(=O)c1c2ccccc2c(C2=CC=C3C=CC=CC3C2)c2ccccc12. The van der Waals surface area contributed by atoms with Gasteiger partial charge in [0.15, 0.2) is 0 Å². The summed E-state index contributed by atoms with van der Waals surface area (Å²) in [6.07, 6.45) is 14.3. The van der Waals surface area contributed by atoms with E-state index < -0.39 is 7.14 Å². The van der Waals surface area contributed by atoms with Crippen molar-refractivity contribution >= 4 is 39.6 Å². The molecule has 0 radical (unpaired) electrons. The third kappa shape index (κ3) is 2.74. The van der Waals surface area contributed by atoms with Crippen molar-refractivity contribution in [2.75, 3.05) is 13.3 Å². The molecule has 3 aromatic carbocycles. The zero-order chi connectivity index (χ0) is 19.3. The summed E-state index contributed by atoms with van der Waals surface area (Å²) < 4.78 is 13.3. The number of fused-ring (bicyclic) bond motifs is 3. The zero-order valence-corrected chi connectivity index (χ0v) is 17.1. The molecule has 0 amide bonds. The standard InChI is InChI=1S/C26H23OP/c1-28(2,27)26-23-13-7-5-11-21(23)25(22-12-6-8-14-24(22)26)20-16-15-18-9-3-4-10-19(18)17-20/h3-16,19H,17H2,1-2H3. The highest BCUT2D eigenvalue weighted by Crippen LogP contribution is 2.45. The van der Waals surface area contributed by atoms with E-state index in [9.17, 15) is 4.57 Å². The number of allylic oxidation sites excluding steroid dienone is 8. The molecule has 0 aromatic heterocycles. The predicted molar refractivity (Wildman–Crippen MR) is 123 cm³/mol. The van der Waals surface area contributed by atoms with Crippen LogP contribution in [0.25, 0.3) is 27.1 Å². The van der Waals surface area contributed by atoms with Crippen molar-refractivity contribution in [3.05, 3.63) is 96.1 Å². The molecule has 1 atom stereocenters. The Kier molecular flexibility index (Phi) is 4.03. The second kappa shape index (κ2) is 6.47. The van der Waals surface area contributed by atoms with Crippen molar-refractivity contribution in [2.24, 2.45) is 5.92 Å². The van der Waals surface area contributed by atoms with Gasteiger partial charge in [-0.2, -0.15) is 0 Å². The van der Waals surface area contributed by atoms with E-state index in [4.69, 9.17) is 0 Å². The molecule has 0 heterocycles. The summed E-state index contributed by atoms with van der Waals surface area (Å²) in [7, 11) is -2.44. The van der Waals surface area contributed by atoms with E-state index in [-0.39, 0.29) is 0 Å². The highest BCUT2D eigenvalue weighted by atomic mass is 31.2. The molecule has 2 aliphatic rings. The van der Waals surface area contributed by atoms with Gasteiger partial charge in [-0.05, 0) is 58.0 Å². The molecular formula is C26H23OP. The summed E-state index contributed by atoms with van der Waals surface area (Å²) in [4.78, 5) is 0. The lowest BCUT2D eigenvalue weighted by atomic mass is 9.80. The van der Waals surface area contributed by atoms with Gasteiger partial charge in [-0.15, -0.1) is 0 Å². The van der Waals surface area contributed by atoms with Crippen LogP contribution in [0.15, 0.2) is 90.6 Å². The van der Waals surface area contributed by atoms with Crippen LogP contribution in [0.1, 0.15) is 12.0 Å². The Morgan fingerprint density at radius 3 is 2.04 bits per heavy atom. The van der Waals surface area contributed by atoms with Gasteiger partial charge >= 0.3 is 0 Å². The summed E-state index contributed by atoms with van der Waals surface area (Å²) in [5.74, 6) is 0.436. The smallest absolute Gasteiger partial charge is 0.111 e. The van der Waals surface area contributed by atoms with Crippen LogP contribution in [0.4, 0.5) is 0 Å². The summed E-state index contributed by atoms with van der Waals surface area (Å²) >= 11 is 0. The van der Waals surface area contributed by atoms with Crippen LogP contribution < -0.4 is 5.30 Å². The summed E-state index contributed by atoms with van der Waals surface area (Å²) in [6.45, 7) is 3.77. The maximum Gasteiger partial charge on any atom is 0.111 e. The molecule has 0 saturated heterocycles. The Morgan fingerprint density at radius 1 is 0.821 bits per heavy atom. The van der Waals surface area contributed by atoms with Crippen LogP contribution >= 0.6 is 7.14 Å². The first-order chi connectivity index (χ1) is 13.5. The second-order valence-corrected chi connectivity index (χ2v) is 11.2. The van der Waals surface area contributed by atoms with Crippen LogP contribution in [0, 0.1) is 5.92 Å². The second-order valence-electron chi connectivity index (χ2n) is 8.08. The fraction of sp³-hybridized carbons (Fsp3) is 0.154. The Hall–Kier alpha value is -2.63. The zero-order valence-electron chi connectivity index (χ0n) is 16.2. The molecule has 0 saturated carbocycles. The average molecular weight is 382 g/mol. The van der Waals surface area contributed by atoms with Gasteiger partial charge in [-0.3, -0.25) is 0 Å². The maximum atomic E-state index is 13.3. The highest BCUT2D eigenvalue weighted by Gasteiger charge is 2.25. The van der Waals surface area contributed by atoms with E-state index in [1.807, 2.05) is 13.3 Å². The molecule has 2 aliphatic carbocycles. The Labute approximate surface area is 166 Å². The van der Waals surface area contributed by atoms with Crippen LogP contribution in [-0.2, 0) is 4.57 Å². The molecule has 138 valence electrons. The molecule has 0 aliphatic heterocycles. The van der Waals surface area contributed by atoms with Gasteiger partial charge in [0.25, 0.3) is 0 Å². The third-order valence-corrected chi connectivity index (χ3v) is 7.41. The van der Waals surface area contributed by atoms with Crippen molar-refractivity contribution in [3.63, 3.8) is 0 Å². The fourth-order valence-electron chi connectivity index (χ4n) is 4.68. The Bertz CT molecular complexity index is 1220. The normalized spacial score (nSPS) is 18.9. The molecule has 2 heteroatoms. The molecule has 0 bridgehead atoms. The van der Waals surface area contributed by atoms with Crippen LogP contribution in [0.5, 0.6) is 0 Å². The number of rotatable bonds is 2. The van der Waals surface area contributed by atoms with Crippen molar-refractivity contribution in [2.45, 2.75) is 6.42 Å². The monoisotopic (exact) mass is 382 g/mol. The van der Waals surface area contributed by atoms with Crippen molar-refractivity contribution in [1.29, 1.82) is 0 Å². The quantitative estimate of drug-likeness (QED) is 0.356. The molecular weight excluding hydrogens is 359 g/mol. The number of hydrogen-bond acceptors (Lipinski definition) is 1. The van der Waals surface area contributed by atoms with Crippen LogP contribution in [0.2, 0.25) is 0 Å². The first-order valence-corrected chi connectivity index (χ1v) is 12.4. The molecule has 0 fully saturated rings. The van der Waals surface area contributed by atoms with Crippen LogP contribution in [-0.4, -0.2) is 13.3 Å². The third-order valence-electron chi connectivity index (χ3n) is 5.85. The van der Waals surface area contributed by atoms with Crippen molar-refractivity contribution in [1.82, 2.24) is 0 Å². The first-order valence-electron chi connectivity index (χ1n) is 9.79. The minimum Gasteiger partial charge on any atom is -0.319 e. The molecule has 5 rings (SSSR count). The Balaban J connectivity index is 1.89. The fourth-order valence-corrected chi connectivity index (χ4v) is 6.23. The summed E-state index contributed by atoms with van der Waals surface area (Å²) in [5.41, 5.74) is 4.03. The lowest BCUT2D eigenvalue weighted by Crippen LogP contribution is -2.11. The van der Waals surface area contributed by atoms with Crippen LogP contribution in [0.3, 0.4) is 0 Å². The van der Waals surface area contributed by atoms with E-state index in [2.05, 4.69) is 85.0 Å². The summed E-state index contributed by atoms with van der Waals surface area (Å²) in [5, 5.41) is 5.67. The van der Waals surface area contributed by atoms with Crippen molar-refractivity contribution < 1.29 is 4.57 Å². The predicted octanol–water partition coefficient (Wildman–Crippen LogP) is 6.70. The summed E-state index contributed by atoms with van der Waals surface area (Å²) in [6, 6.07) is 16.9. The maximum absolute atomic E-state index is 13.3.